The molecule has 1 N–H and O–H groups in total. The number of hydrogen-bond acceptors (Lipinski definition) is 3. The highest BCUT2D eigenvalue weighted by molar-refractivity contribution is 9.10. The Morgan fingerprint density at radius 2 is 1.86 bits per heavy atom. The topological polar surface area (TPSA) is 71.4 Å². The molecule has 110 valence electrons. The summed E-state index contributed by atoms with van der Waals surface area (Å²) < 4.78 is 25.4. The summed E-state index contributed by atoms with van der Waals surface area (Å²) in [7, 11) is -3.63. The van der Waals surface area contributed by atoms with Crippen molar-refractivity contribution >= 4 is 31.7 Å². The smallest absolute Gasteiger partial charge is 0.335 e. The molecule has 0 heterocycles. The average molecular weight is 369 g/mol. The van der Waals surface area contributed by atoms with E-state index in [2.05, 4.69) is 15.9 Å². The Hall–Kier alpha value is -1.66. The minimum atomic E-state index is -3.63. The maximum atomic E-state index is 12.5. The largest absolute Gasteiger partial charge is 0.478 e. The van der Waals surface area contributed by atoms with Gasteiger partial charge in [0.15, 0.2) is 9.84 Å². The van der Waals surface area contributed by atoms with E-state index in [-0.39, 0.29) is 16.2 Å². The van der Waals surface area contributed by atoms with Crippen LogP contribution in [0.2, 0.25) is 0 Å². The Bertz CT molecular complexity index is 797. The monoisotopic (exact) mass is 368 g/mol. The number of sulfone groups is 1. The molecule has 0 radical (unpaired) electrons. The number of rotatable bonds is 4. The summed E-state index contributed by atoms with van der Waals surface area (Å²) >= 11 is 3.18. The SMILES string of the molecule is Cc1ccccc1CS(=O)(=O)c1cc(C(=O)O)ccc1Br. The van der Waals surface area contributed by atoms with Crippen LogP contribution in [0.4, 0.5) is 0 Å². The molecular formula is C15H13BrO4S. The quantitative estimate of drug-likeness (QED) is 0.896. The zero-order chi connectivity index (χ0) is 15.6. The predicted octanol–water partition coefficient (Wildman–Crippen LogP) is 3.43. The van der Waals surface area contributed by atoms with Crippen molar-refractivity contribution in [3.63, 3.8) is 0 Å². The van der Waals surface area contributed by atoms with E-state index < -0.39 is 15.8 Å². The van der Waals surface area contributed by atoms with E-state index in [9.17, 15) is 13.2 Å². The Balaban J connectivity index is 2.47. The van der Waals surface area contributed by atoms with Crippen molar-refractivity contribution in [1.29, 1.82) is 0 Å². The third-order valence-electron chi connectivity index (χ3n) is 3.12. The molecule has 21 heavy (non-hydrogen) atoms. The lowest BCUT2D eigenvalue weighted by molar-refractivity contribution is 0.0696. The standard InChI is InChI=1S/C15H13BrO4S/c1-10-4-2-3-5-12(10)9-21(19,20)14-8-11(15(17)18)6-7-13(14)16/h2-8H,9H2,1H3,(H,17,18). The second-order valence-corrected chi connectivity index (χ2v) is 7.45. The molecule has 4 nitrogen and oxygen atoms in total. The Morgan fingerprint density at radius 3 is 2.48 bits per heavy atom. The molecule has 0 saturated carbocycles. The Labute approximate surface area is 131 Å². The fourth-order valence-electron chi connectivity index (χ4n) is 1.93. The van der Waals surface area contributed by atoms with E-state index in [0.29, 0.717) is 10.0 Å². The fourth-order valence-corrected chi connectivity index (χ4v) is 4.48. The number of hydrogen-bond donors (Lipinski definition) is 1. The molecule has 0 unspecified atom stereocenters. The number of halogens is 1. The van der Waals surface area contributed by atoms with Crippen molar-refractivity contribution in [1.82, 2.24) is 0 Å². The zero-order valence-electron chi connectivity index (χ0n) is 11.2. The number of carboxylic acid groups (broad SMARTS) is 1. The summed E-state index contributed by atoms with van der Waals surface area (Å²) in [6.45, 7) is 1.84. The maximum Gasteiger partial charge on any atom is 0.335 e. The van der Waals surface area contributed by atoms with Crippen LogP contribution in [0.5, 0.6) is 0 Å². The predicted molar refractivity (Wildman–Crippen MR) is 83.2 cm³/mol. The van der Waals surface area contributed by atoms with Crippen LogP contribution in [0.25, 0.3) is 0 Å². The third-order valence-corrected chi connectivity index (χ3v) is 5.77. The van der Waals surface area contributed by atoms with Gasteiger partial charge in [0, 0.05) is 4.47 Å². The van der Waals surface area contributed by atoms with E-state index in [4.69, 9.17) is 5.11 Å². The molecule has 0 aromatic heterocycles. The Morgan fingerprint density at radius 1 is 1.19 bits per heavy atom. The summed E-state index contributed by atoms with van der Waals surface area (Å²) in [5.74, 6) is -1.32. The van der Waals surface area contributed by atoms with Crippen LogP contribution in [-0.2, 0) is 15.6 Å². The molecule has 0 aliphatic carbocycles. The van der Waals surface area contributed by atoms with Crippen LogP contribution in [0.3, 0.4) is 0 Å². The molecule has 0 fully saturated rings. The van der Waals surface area contributed by atoms with Crippen LogP contribution in [0, 0.1) is 6.92 Å². The summed E-state index contributed by atoms with van der Waals surface area (Å²) in [6, 6.07) is 11.2. The first kappa shape index (κ1) is 15.7. The van der Waals surface area contributed by atoms with Crippen molar-refractivity contribution in [2.24, 2.45) is 0 Å². The lowest BCUT2D eigenvalue weighted by Gasteiger charge is -2.09. The van der Waals surface area contributed by atoms with Gasteiger partial charge in [0.1, 0.15) is 0 Å². The minimum Gasteiger partial charge on any atom is -0.478 e. The molecule has 2 aromatic rings. The molecule has 6 heteroatoms. The van der Waals surface area contributed by atoms with Gasteiger partial charge in [0.05, 0.1) is 16.2 Å². The molecule has 0 spiro atoms. The van der Waals surface area contributed by atoms with Crippen molar-refractivity contribution in [3.05, 3.63) is 63.6 Å². The summed E-state index contributed by atoms with van der Waals surface area (Å²) in [6.07, 6.45) is 0. The lowest BCUT2D eigenvalue weighted by Crippen LogP contribution is -2.08. The first-order valence-electron chi connectivity index (χ1n) is 6.11. The Kier molecular flexibility index (Phi) is 4.49. The van der Waals surface area contributed by atoms with Crippen LogP contribution in [0.1, 0.15) is 21.5 Å². The van der Waals surface area contributed by atoms with Crippen LogP contribution in [0.15, 0.2) is 51.8 Å². The molecule has 0 saturated heterocycles. The average Bonchev–Trinajstić information content (AvgIpc) is 2.41. The van der Waals surface area contributed by atoms with Crippen molar-refractivity contribution in [3.8, 4) is 0 Å². The van der Waals surface area contributed by atoms with E-state index >= 15 is 0 Å². The first-order valence-corrected chi connectivity index (χ1v) is 8.56. The lowest BCUT2D eigenvalue weighted by atomic mass is 10.1. The van der Waals surface area contributed by atoms with Gasteiger partial charge in [-0.25, -0.2) is 13.2 Å². The fraction of sp³-hybridized carbons (Fsp3) is 0.133. The second kappa shape index (κ2) is 5.99. The summed E-state index contributed by atoms with van der Waals surface area (Å²) in [5, 5.41) is 8.99. The van der Waals surface area contributed by atoms with Gasteiger partial charge in [0.2, 0.25) is 0 Å². The van der Waals surface area contributed by atoms with E-state index in [1.165, 1.54) is 18.2 Å². The summed E-state index contributed by atoms with van der Waals surface area (Å²) in [5.41, 5.74) is 1.53. The van der Waals surface area contributed by atoms with Gasteiger partial charge in [-0.1, -0.05) is 24.3 Å². The van der Waals surface area contributed by atoms with Crippen molar-refractivity contribution in [2.45, 2.75) is 17.6 Å². The van der Waals surface area contributed by atoms with Gasteiger partial charge >= 0.3 is 5.97 Å². The zero-order valence-corrected chi connectivity index (χ0v) is 13.6. The number of aryl methyl sites for hydroxylation is 1. The molecular weight excluding hydrogens is 356 g/mol. The molecule has 0 aliphatic rings. The van der Waals surface area contributed by atoms with Gasteiger partial charge in [-0.05, 0) is 52.2 Å². The summed E-state index contributed by atoms with van der Waals surface area (Å²) in [4.78, 5) is 11.0. The van der Waals surface area contributed by atoms with E-state index in [1.807, 2.05) is 19.1 Å². The molecule has 2 rings (SSSR count). The van der Waals surface area contributed by atoms with Gasteiger partial charge in [-0.2, -0.15) is 0 Å². The number of aromatic carboxylic acids is 1. The molecule has 0 aliphatic heterocycles. The highest BCUT2D eigenvalue weighted by Gasteiger charge is 2.21. The van der Waals surface area contributed by atoms with E-state index in [0.717, 1.165) is 5.56 Å². The van der Waals surface area contributed by atoms with Crippen LogP contribution < -0.4 is 0 Å². The number of carbonyl (C=O) groups is 1. The first-order chi connectivity index (χ1) is 9.81. The van der Waals surface area contributed by atoms with Gasteiger partial charge in [-0.15, -0.1) is 0 Å². The number of benzene rings is 2. The molecule has 0 bridgehead atoms. The van der Waals surface area contributed by atoms with E-state index in [1.54, 1.807) is 12.1 Å². The molecule has 0 amide bonds. The van der Waals surface area contributed by atoms with Gasteiger partial charge < -0.3 is 5.11 Å². The van der Waals surface area contributed by atoms with Gasteiger partial charge in [0.25, 0.3) is 0 Å². The third kappa shape index (κ3) is 3.51. The van der Waals surface area contributed by atoms with Crippen molar-refractivity contribution < 1.29 is 18.3 Å². The molecule has 2 aromatic carbocycles. The van der Waals surface area contributed by atoms with Crippen molar-refractivity contribution in [2.75, 3.05) is 0 Å². The van der Waals surface area contributed by atoms with Gasteiger partial charge in [-0.3, -0.25) is 0 Å². The molecule has 0 atom stereocenters. The maximum absolute atomic E-state index is 12.5. The minimum absolute atomic E-state index is 0.00865. The van der Waals surface area contributed by atoms with Crippen LogP contribution >= 0.6 is 15.9 Å². The van der Waals surface area contributed by atoms with Crippen LogP contribution in [-0.4, -0.2) is 19.5 Å². The second-order valence-electron chi connectivity index (χ2n) is 4.64. The highest BCUT2D eigenvalue weighted by atomic mass is 79.9. The normalized spacial score (nSPS) is 11.3. The highest BCUT2D eigenvalue weighted by Crippen LogP contribution is 2.27. The number of carboxylic acids is 1.